The van der Waals surface area contributed by atoms with Crippen molar-refractivity contribution in [2.45, 2.75) is 88.3 Å². The molecule has 1 aromatic heterocycles. The van der Waals surface area contributed by atoms with Gasteiger partial charge in [-0.3, -0.25) is 14.4 Å². The van der Waals surface area contributed by atoms with Gasteiger partial charge in [0.2, 0.25) is 5.91 Å². The van der Waals surface area contributed by atoms with Crippen LogP contribution in [0.25, 0.3) is 0 Å². The number of nitrogens with one attached hydrogen (secondary N) is 2. The van der Waals surface area contributed by atoms with Gasteiger partial charge in [-0.25, -0.2) is 0 Å². The van der Waals surface area contributed by atoms with Gasteiger partial charge in [-0.15, -0.1) is 10.2 Å². The van der Waals surface area contributed by atoms with E-state index in [1.54, 1.807) is 4.90 Å². The lowest BCUT2D eigenvalue weighted by Crippen LogP contribution is -2.46. The molecule has 49 heavy (non-hydrogen) atoms. The second-order valence-electron chi connectivity index (χ2n) is 14.6. The highest BCUT2D eigenvalue weighted by Crippen LogP contribution is 2.48. The smallest absolute Gasteiger partial charge is 0.253 e. The Hall–Kier alpha value is -4.63. The zero-order valence-electron chi connectivity index (χ0n) is 28.0. The van der Waals surface area contributed by atoms with Crippen molar-refractivity contribution in [3.63, 3.8) is 0 Å². The molecule has 2 N–H and O–H groups in total. The van der Waals surface area contributed by atoms with Crippen LogP contribution >= 0.6 is 0 Å². The van der Waals surface area contributed by atoms with Crippen molar-refractivity contribution >= 4 is 17.7 Å². The van der Waals surface area contributed by atoms with E-state index < -0.39 is 5.41 Å². The lowest BCUT2D eigenvalue weighted by Gasteiger charge is -2.36. The third kappa shape index (κ3) is 5.58. The monoisotopic (exact) mass is 661 g/mol. The average Bonchev–Trinajstić information content (AvgIpc) is 3.74. The van der Waals surface area contributed by atoms with Crippen molar-refractivity contribution in [2.24, 2.45) is 5.92 Å². The van der Waals surface area contributed by atoms with Gasteiger partial charge in [0.1, 0.15) is 6.04 Å². The Labute approximate surface area is 286 Å². The number of likely N-dealkylation sites (tertiary alicyclic amines) is 3. The van der Waals surface area contributed by atoms with E-state index in [9.17, 15) is 19.6 Å². The van der Waals surface area contributed by atoms with Crippen LogP contribution in [0.3, 0.4) is 0 Å². The summed E-state index contributed by atoms with van der Waals surface area (Å²) in [5.41, 5.74) is 4.52. The van der Waals surface area contributed by atoms with Crippen LogP contribution in [0.2, 0.25) is 0 Å². The summed E-state index contributed by atoms with van der Waals surface area (Å²) < 4.78 is 0. The first-order valence-corrected chi connectivity index (χ1v) is 17.9. The van der Waals surface area contributed by atoms with Crippen LogP contribution in [0, 0.1) is 17.2 Å². The zero-order valence-corrected chi connectivity index (χ0v) is 28.0. The topological polar surface area (TPSA) is 151 Å². The Morgan fingerprint density at radius 2 is 1.53 bits per heavy atom. The third-order valence-corrected chi connectivity index (χ3v) is 11.6. The van der Waals surface area contributed by atoms with Crippen molar-refractivity contribution in [3.05, 3.63) is 75.6 Å². The van der Waals surface area contributed by atoms with Crippen LogP contribution < -0.4 is 5.32 Å². The largest absolute Gasteiger partial charge is 0.339 e. The maximum absolute atomic E-state index is 13.6. The standard InChI is InChI=1S/C37H43N9O3/c1-23(39-22-33(47)46-29(21-38)18-28-19-32(28)46)20-37(36-40-42-43-41-36)30-10-8-26(34(48)44-12-2-3-13-44)16-24(30)6-7-25-17-27(9-11-31(25)37)35(49)45-14-4-5-15-45/h8-11,16-17,23,28-29,32,39H,2-7,12-15,18-20,22H2,1H3,(H,40,41,42,43)/t23-,28-,29+,32+/m1/s1. The van der Waals surface area contributed by atoms with Crippen LogP contribution in [0.15, 0.2) is 36.4 Å². The normalized spacial score (nSPS) is 24.1. The highest BCUT2D eigenvalue weighted by atomic mass is 16.2. The summed E-state index contributed by atoms with van der Waals surface area (Å²) in [6, 6.07) is 14.0. The van der Waals surface area contributed by atoms with E-state index in [2.05, 4.69) is 51.1 Å². The van der Waals surface area contributed by atoms with Gasteiger partial charge >= 0.3 is 0 Å². The number of hydrogen-bond acceptors (Lipinski definition) is 8. The minimum absolute atomic E-state index is 0.0474. The molecule has 0 spiro atoms. The molecule has 12 heteroatoms. The maximum Gasteiger partial charge on any atom is 0.253 e. The molecule has 0 unspecified atom stereocenters. The highest BCUT2D eigenvalue weighted by molar-refractivity contribution is 5.95. The summed E-state index contributed by atoms with van der Waals surface area (Å²) in [7, 11) is 0. The number of tetrazole rings is 1. The van der Waals surface area contributed by atoms with Gasteiger partial charge in [0.05, 0.1) is 18.0 Å². The molecule has 3 saturated heterocycles. The van der Waals surface area contributed by atoms with Crippen molar-refractivity contribution in [2.75, 3.05) is 32.7 Å². The first-order chi connectivity index (χ1) is 23.9. The molecule has 2 aromatic carbocycles. The molecule has 4 fully saturated rings. The maximum atomic E-state index is 13.6. The molecule has 3 aliphatic heterocycles. The number of hydrogen-bond donors (Lipinski definition) is 2. The fourth-order valence-electron chi connectivity index (χ4n) is 9.03. The van der Waals surface area contributed by atoms with E-state index in [4.69, 9.17) is 0 Å². The van der Waals surface area contributed by atoms with Crippen LogP contribution in [0.1, 0.15) is 101 Å². The number of rotatable bonds is 8. The molecular weight excluding hydrogens is 618 g/mol. The molecular formula is C37H43N9O3. The molecule has 254 valence electrons. The second kappa shape index (κ2) is 12.7. The number of fused-ring (bicyclic) bond motifs is 3. The van der Waals surface area contributed by atoms with E-state index in [1.165, 1.54) is 0 Å². The molecule has 8 rings (SSSR count). The average molecular weight is 662 g/mol. The number of aromatic amines is 1. The highest BCUT2D eigenvalue weighted by Gasteiger charge is 2.54. The Morgan fingerprint density at radius 3 is 2.06 bits per heavy atom. The van der Waals surface area contributed by atoms with Gasteiger partial charge in [0.15, 0.2) is 5.82 Å². The number of nitrogens with zero attached hydrogens (tertiary/aromatic N) is 7. The summed E-state index contributed by atoms with van der Waals surface area (Å²) in [6.07, 6.45) is 7.69. The van der Waals surface area contributed by atoms with Crippen LogP contribution in [-0.2, 0) is 23.1 Å². The fourth-order valence-corrected chi connectivity index (χ4v) is 9.03. The van der Waals surface area contributed by atoms with E-state index in [0.29, 0.717) is 42.1 Å². The Kier molecular flexibility index (Phi) is 8.18. The van der Waals surface area contributed by atoms with E-state index >= 15 is 0 Å². The van der Waals surface area contributed by atoms with Gasteiger partial charge in [-0.05, 0) is 117 Å². The number of aryl methyl sites for hydroxylation is 2. The van der Waals surface area contributed by atoms with Crippen molar-refractivity contribution in [3.8, 4) is 6.07 Å². The quantitative estimate of drug-likeness (QED) is 0.374. The number of H-pyrrole nitrogens is 1. The predicted octanol–water partition coefficient (Wildman–Crippen LogP) is 2.99. The zero-order chi connectivity index (χ0) is 33.7. The first-order valence-electron chi connectivity index (χ1n) is 17.9. The van der Waals surface area contributed by atoms with Gasteiger partial charge in [-0.2, -0.15) is 10.5 Å². The summed E-state index contributed by atoms with van der Waals surface area (Å²) in [4.78, 5) is 46.2. The van der Waals surface area contributed by atoms with Gasteiger partial charge < -0.3 is 20.0 Å². The van der Waals surface area contributed by atoms with Crippen molar-refractivity contribution in [1.29, 1.82) is 5.26 Å². The molecule has 2 aliphatic carbocycles. The summed E-state index contributed by atoms with van der Waals surface area (Å²) in [5.74, 6) is 1.01. The van der Waals surface area contributed by atoms with E-state index in [1.807, 2.05) is 34.1 Å². The number of carbonyl (C=O) groups is 3. The number of benzene rings is 2. The number of piperidine rings is 1. The molecule has 0 radical (unpaired) electrons. The Bertz CT molecular complexity index is 1730. The fraction of sp³-hybridized carbons (Fsp3) is 0.541. The second-order valence-corrected chi connectivity index (χ2v) is 14.6. The van der Waals surface area contributed by atoms with Crippen LogP contribution in [-0.4, -0.2) is 104 Å². The minimum atomic E-state index is -0.890. The molecule has 0 bridgehead atoms. The van der Waals surface area contributed by atoms with Crippen LogP contribution in [0.5, 0.6) is 0 Å². The Balaban J connectivity index is 1.17. The van der Waals surface area contributed by atoms with Gasteiger partial charge in [0, 0.05) is 49.4 Å². The molecule has 5 aliphatic rings. The molecule has 4 atom stereocenters. The van der Waals surface area contributed by atoms with E-state index in [0.717, 1.165) is 87.0 Å². The van der Waals surface area contributed by atoms with Crippen molar-refractivity contribution < 1.29 is 14.4 Å². The van der Waals surface area contributed by atoms with Gasteiger partial charge in [0.25, 0.3) is 11.8 Å². The third-order valence-electron chi connectivity index (χ3n) is 11.6. The molecule has 3 amide bonds. The number of nitriles is 1. The molecule has 12 nitrogen and oxygen atoms in total. The lowest BCUT2D eigenvalue weighted by atomic mass is 9.67. The molecule has 4 heterocycles. The molecule has 1 saturated carbocycles. The van der Waals surface area contributed by atoms with Crippen LogP contribution in [0.4, 0.5) is 0 Å². The summed E-state index contributed by atoms with van der Waals surface area (Å²) >= 11 is 0. The van der Waals surface area contributed by atoms with Crippen molar-refractivity contribution in [1.82, 2.24) is 40.6 Å². The summed E-state index contributed by atoms with van der Waals surface area (Å²) in [5, 5.41) is 29.1. The number of amides is 3. The SMILES string of the molecule is C[C@H](CC1(c2nn[nH]n2)c2ccc(C(=O)N3CCCC3)cc2CCc2cc(C(=O)N3CCCC3)ccc21)NCC(=O)N1[C@H](C#N)C[C@@H]2C[C@@H]21. The van der Waals surface area contributed by atoms with E-state index in [-0.39, 0.29) is 42.4 Å². The van der Waals surface area contributed by atoms with Gasteiger partial charge in [-0.1, -0.05) is 17.3 Å². The lowest BCUT2D eigenvalue weighted by molar-refractivity contribution is -0.131. The minimum Gasteiger partial charge on any atom is -0.339 e. The molecule has 3 aromatic rings. The first kappa shape index (κ1) is 31.6. The predicted molar refractivity (Wildman–Crippen MR) is 179 cm³/mol. The Morgan fingerprint density at radius 1 is 0.939 bits per heavy atom. The number of carbonyl (C=O) groups excluding carboxylic acids is 3. The number of aromatic nitrogens is 4. The summed E-state index contributed by atoms with van der Waals surface area (Å²) in [6.45, 7) is 5.28.